The number of halogens is 3. The molecule has 4 rings (SSSR count). The summed E-state index contributed by atoms with van der Waals surface area (Å²) < 4.78 is 48.6. The highest BCUT2D eigenvalue weighted by atomic mass is 19.4. The van der Waals surface area contributed by atoms with Gasteiger partial charge in [-0.25, -0.2) is 4.98 Å². The zero-order valence-electron chi connectivity index (χ0n) is 16.6. The molecule has 2 aromatic heterocycles. The van der Waals surface area contributed by atoms with Crippen LogP contribution in [0.5, 0.6) is 11.6 Å². The molecule has 0 unspecified atom stereocenters. The normalized spacial score (nSPS) is 18.5. The number of amides is 1. The van der Waals surface area contributed by atoms with Gasteiger partial charge in [0.2, 0.25) is 11.8 Å². The van der Waals surface area contributed by atoms with Crippen LogP contribution in [0.15, 0.2) is 48.7 Å². The number of benzene rings is 1. The Bertz CT molecular complexity index is 1080. The molecule has 0 aliphatic heterocycles. The van der Waals surface area contributed by atoms with Crippen LogP contribution in [0.2, 0.25) is 0 Å². The van der Waals surface area contributed by atoms with E-state index in [1.807, 2.05) is 6.07 Å². The molecule has 162 valence electrons. The minimum absolute atomic E-state index is 0.0558. The summed E-state index contributed by atoms with van der Waals surface area (Å²) in [6.07, 6.45) is -1.67. The van der Waals surface area contributed by atoms with Crippen molar-refractivity contribution in [3.8, 4) is 11.6 Å². The summed E-state index contributed by atoms with van der Waals surface area (Å²) in [5.74, 6) is 0.393. The van der Waals surface area contributed by atoms with Crippen LogP contribution in [0, 0.1) is 0 Å². The quantitative estimate of drug-likeness (QED) is 0.631. The zero-order chi connectivity index (χ0) is 22.0. The number of aromatic nitrogens is 2. The summed E-state index contributed by atoms with van der Waals surface area (Å²) in [5, 5.41) is 3.74. The van der Waals surface area contributed by atoms with Crippen molar-refractivity contribution < 1.29 is 27.4 Å². The molecule has 6 nitrogen and oxygen atoms in total. The lowest BCUT2D eigenvalue weighted by Gasteiger charge is -2.34. The molecule has 9 heteroatoms. The number of nitrogens with zero attached hydrogens (tertiary/aromatic N) is 2. The van der Waals surface area contributed by atoms with Crippen LogP contribution in [0.4, 0.5) is 13.2 Å². The van der Waals surface area contributed by atoms with Crippen molar-refractivity contribution in [3.63, 3.8) is 0 Å². The van der Waals surface area contributed by atoms with Crippen LogP contribution in [-0.2, 0) is 22.1 Å². The average Bonchev–Trinajstić information content (AvgIpc) is 2.70. The SMILES string of the molecule is COC1CC(NC(=O)Cc2ccc3cc(Oc4ccc(C(F)(F)F)cn4)ccc3n2)C1. The molecule has 1 aromatic carbocycles. The Morgan fingerprint density at radius 3 is 2.65 bits per heavy atom. The van der Waals surface area contributed by atoms with Crippen LogP contribution < -0.4 is 10.1 Å². The maximum absolute atomic E-state index is 12.6. The van der Waals surface area contributed by atoms with Gasteiger partial charge in [-0.2, -0.15) is 13.2 Å². The van der Waals surface area contributed by atoms with Gasteiger partial charge < -0.3 is 14.8 Å². The van der Waals surface area contributed by atoms with Crippen molar-refractivity contribution in [2.24, 2.45) is 0 Å². The van der Waals surface area contributed by atoms with E-state index in [1.54, 1.807) is 31.4 Å². The first kappa shape index (κ1) is 21.0. The maximum atomic E-state index is 12.6. The predicted molar refractivity (Wildman–Crippen MR) is 107 cm³/mol. The number of methoxy groups -OCH3 is 1. The number of hydrogen-bond acceptors (Lipinski definition) is 5. The van der Waals surface area contributed by atoms with Crippen LogP contribution in [0.1, 0.15) is 24.1 Å². The second-order valence-corrected chi connectivity index (χ2v) is 7.41. The standard InChI is InChI=1S/C22H20F3N3O3/c1-30-18-9-16(10-18)28-20(29)11-15-4-2-13-8-17(5-6-19(13)27-15)31-21-7-3-14(12-26-21)22(23,24)25/h2-8,12,16,18H,9-11H2,1H3,(H,28,29). The predicted octanol–water partition coefficient (Wildman–Crippen LogP) is 4.28. The summed E-state index contributed by atoms with van der Waals surface area (Å²) in [5.41, 5.74) is 0.488. The molecule has 1 aliphatic carbocycles. The third-order valence-electron chi connectivity index (χ3n) is 5.14. The van der Waals surface area contributed by atoms with Crippen molar-refractivity contribution in [1.29, 1.82) is 0 Å². The number of hydrogen-bond donors (Lipinski definition) is 1. The Morgan fingerprint density at radius 1 is 1.16 bits per heavy atom. The van der Waals surface area contributed by atoms with E-state index >= 15 is 0 Å². The van der Waals surface area contributed by atoms with E-state index < -0.39 is 11.7 Å². The molecular weight excluding hydrogens is 411 g/mol. The Labute approximate surface area is 176 Å². The van der Waals surface area contributed by atoms with E-state index in [9.17, 15) is 18.0 Å². The number of nitrogens with one attached hydrogen (secondary N) is 1. The van der Waals surface area contributed by atoms with E-state index in [2.05, 4.69) is 15.3 Å². The molecular formula is C22H20F3N3O3. The number of carbonyl (C=O) groups is 1. The number of rotatable bonds is 6. The Hall–Kier alpha value is -3.20. The van der Waals surface area contributed by atoms with Gasteiger partial charge in [-0.15, -0.1) is 0 Å². The van der Waals surface area contributed by atoms with Gasteiger partial charge >= 0.3 is 6.18 Å². The van der Waals surface area contributed by atoms with E-state index in [0.717, 1.165) is 30.5 Å². The lowest BCUT2D eigenvalue weighted by atomic mass is 9.89. The van der Waals surface area contributed by atoms with Crippen molar-refractivity contribution in [3.05, 3.63) is 59.9 Å². The Morgan fingerprint density at radius 2 is 1.97 bits per heavy atom. The van der Waals surface area contributed by atoms with Crippen LogP contribution in [0.25, 0.3) is 10.9 Å². The monoisotopic (exact) mass is 431 g/mol. The van der Waals surface area contributed by atoms with Crippen molar-refractivity contribution in [2.45, 2.75) is 37.6 Å². The lowest BCUT2D eigenvalue weighted by molar-refractivity contribution is -0.137. The summed E-state index contributed by atoms with van der Waals surface area (Å²) in [7, 11) is 1.66. The van der Waals surface area contributed by atoms with E-state index in [4.69, 9.17) is 9.47 Å². The fourth-order valence-corrected chi connectivity index (χ4v) is 3.36. The first-order valence-corrected chi connectivity index (χ1v) is 9.73. The molecule has 0 spiro atoms. The molecule has 0 radical (unpaired) electrons. The molecule has 0 atom stereocenters. The van der Waals surface area contributed by atoms with Crippen molar-refractivity contribution in [1.82, 2.24) is 15.3 Å². The number of fused-ring (bicyclic) bond motifs is 1. The Kier molecular flexibility index (Phi) is 5.77. The molecule has 3 aromatic rings. The highest BCUT2D eigenvalue weighted by molar-refractivity contribution is 5.82. The second kappa shape index (κ2) is 8.50. The summed E-state index contributed by atoms with van der Waals surface area (Å²) >= 11 is 0. The molecule has 0 bridgehead atoms. The van der Waals surface area contributed by atoms with E-state index in [1.165, 1.54) is 6.07 Å². The van der Waals surface area contributed by atoms with Crippen LogP contribution >= 0.6 is 0 Å². The number of pyridine rings is 2. The molecule has 1 aliphatic rings. The molecule has 0 saturated heterocycles. The third kappa shape index (κ3) is 5.11. The molecule has 1 N–H and O–H groups in total. The number of ether oxygens (including phenoxy) is 2. The maximum Gasteiger partial charge on any atom is 0.417 e. The van der Waals surface area contributed by atoms with Gasteiger partial charge in [0.05, 0.1) is 29.3 Å². The highest BCUT2D eigenvalue weighted by Crippen LogP contribution is 2.30. The van der Waals surface area contributed by atoms with Gasteiger partial charge in [-0.1, -0.05) is 6.07 Å². The zero-order valence-corrected chi connectivity index (χ0v) is 16.6. The molecule has 1 amide bonds. The number of carbonyl (C=O) groups excluding carboxylic acids is 1. The van der Waals surface area contributed by atoms with E-state index in [-0.39, 0.29) is 30.4 Å². The fourth-order valence-electron chi connectivity index (χ4n) is 3.36. The largest absolute Gasteiger partial charge is 0.439 e. The third-order valence-corrected chi connectivity index (χ3v) is 5.14. The molecule has 1 saturated carbocycles. The first-order chi connectivity index (χ1) is 14.8. The van der Waals surface area contributed by atoms with Crippen molar-refractivity contribution in [2.75, 3.05) is 7.11 Å². The minimum atomic E-state index is -4.45. The van der Waals surface area contributed by atoms with Crippen LogP contribution in [0.3, 0.4) is 0 Å². The van der Waals surface area contributed by atoms with Gasteiger partial charge in [-0.05, 0) is 43.2 Å². The van der Waals surface area contributed by atoms with E-state index in [0.29, 0.717) is 17.0 Å². The van der Waals surface area contributed by atoms with Gasteiger partial charge in [0, 0.05) is 30.8 Å². The summed E-state index contributed by atoms with van der Waals surface area (Å²) in [4.78, 5) is 20.4. The summed E-state index contributed by atoms with van der Waals surface area (Å²) in [6, 6.07) is 10.9. The van der Waals surface area contributed by atoms with Gasteiger partial charge in [-0.3, -0.25) is 9.78 Å². The second-order valence-electron chi connectivity index (χ2n) is 7.41. The lowest BCUT2D eigenvalue weighted by Crippen LogP contribution is -2.47. The molecule has 2 heterocycles. The van der Waals surface area contributed by atoms with Crippen LogP contribution in [-0.4, -0.2) is 35.1 Å². The topological polar surface area (TPSA) is 73.3 Å². The van der Waals surface area contributed by atoms with Gasteiger partial charge in [0.1, 0.15) is 5.75 Å². The summed E-state index contributed by atoms with van der Waals surface area (Å²) in [6.45, 7) is 0. The molecule has 31 heavy (non-hydrogen) atoms. The smallest absolute Gasteiger partial charge is 0.417 e. The first-order valence-electron chi connectivity index (χ1n) is 9.73. The molecule has 1 fully saturated rings. The Balaban J connectivity index is 1.39. The highest BCUT2D eigenvalue weighted by Gasteiger charge is 2.31. The van der Waals surface area contributed by atoms with Gasteiger partial charge in [0.25, 0.3) is 0 Å². The average molecular weight is 431 g/mol. The minimum Gasteiger partial charge on any atom is -0.439 e. The number of alkyl halides is 3. The van der Waals surface area contributed by atoms with Gasteiger partial charge in [0.15, 0.2) is 0 Å². The van der Waals surface area contributed by atoms with Crippen molar-refractivity contribution >= 4 is 16.8 Å². The fraction of sp³-hybridized carbons (Fsp3) is 0.318.